The molecule has 1 N–H and O–H groups in total. The van der Waals surface area contributed by atoms with Crippen molar-refractivity contribution in [1.29, 1.82) is 0 Å². The van der Waals surface area contributed by atoms with Crippen molar-refractivity contribution in [3.63, 3.8) is 0 Å². The minimum absolute atomic E-state index is 0.212. The van der Waals surface area contributed by atoms with E-state index in [2.05, 4.69) is 5.32 Å². The molecular weight excluding hydrogens is 404 g/mol. The molecule has 8 heteroatoms. The molecule has 0 saturated carbocycles. The minimum atomic E-state index is -0.362. The van der Waals surface area contributed by atoms with Gasteiger partial charge in [-0.15, -0.1) is 11.3 Å². The lowest BCUT2D eigenvalue weighted by Gasteiger charge is -2.14. The van der Waals surface area contributed by atoms with Crippen molar-refractivity contribution in [2.45, 2.75) is 19.8 Å². The van der Waals surface area contributed by atoms with Gasteiger partial charge in [0, 0.05) is 28.8 Å². The monoisotopic (exact) mass is 422 g/mol. The zero-order valence-electron chi connectivity index (χ0n) is 16.1. The molecule has 2 aromatic carbocycles. The highest BCUT2D eigenvalue weighted by Crippen LogP contribution is 2.29. The third-order valence-electron chi connectivity index (χ3n) is 4.69. The second-order valence-corrected chi connectivity index (χ2v) is 7.79. The number of hydrogen-bond donors (Lipinski definition) is 1. The summed E-state index contributed by atoms with van der Waals surface area (Å²) < 4.78 is 5.94. The Morgan fingerprint density at radius 1 is 1.03 bits per heavy atom. The number of thiophene rings is 1. The highest BCUT2D eigenvalue weighted by Gasteiger charge is 2.30. The molecule has 0 aliphatic carbocycles. The summed E-state index contributed by atoms with van der Waals surface area (Å²) in [4.78, 5) is 49.8. The van der Waals surface area contributed by atoms with E-state index in [1.807, 2.05) is 6.07 Å². The molecule has 0 unspecified atom stereocenters. The molecule has 1 aliphatic heterocycles. The second kappa shape index (κ2) is 8.08. The van der Waals surface area contributed by atoms with E-state index in [0.29, 0.717) is 28.4 Å². The van der Waals surface area contributed by atoms with Crippen LogP contribution >= 0.6 is 11.3 Å². The first-order chi connectivity index (χ1) is 14.5. The first kappa shape index (κ1) is 19.8. The van der Waals surface area contributed by atoms with E-state index in [-0.39, 0.29) is 36.5 Å². The van der Waals surface area contributed by atoms with Gasteiger partial charge in [0.2, 0.25) is 11.8 Å². The summed E-state index contributed by atoms with van der Waals surface area (Å²) in [7, 11) is 0. The van der Waals surface area contributed by atoms with Crippen LogP contribution in [0.1, 0.15) is 39.8 Å². The van der Waals surface area contributed by atoms with Crippen molar-refractivity contribution < 1.29 is 23.9 Å². The Bertz CT molecular complexity index is 1150. The van der Waals surface area contributed by atoms with Crippen molar-refractivity contribution in [2.75, 3.05) is 16.8 Å². The van der Waals surface area contributed by atoms with Crippen LogP contribution in [0.4, 0.5) is 11.4 Å². The number of benzene rings is 2. The maximum atomic E-state index is 12.6. The summed E-state index contributed by atoms with van der Waals surface area (Å²) in [6.45, 7) is 2.07. The van der Waals surface area contributed by atoms with Gasteiger partial charge in [-0.25, -0.2) is 4.79 Å². The number of nitrogens with one attached hydrogen (secondary N) is 1. The van der Waals surface area contributed by atoms with Crippen LogP contribution in [0.25, 0.3) is 10.1 Å². The molecule has 1 fully saturated rings. The average molecular weight is 422 g/mol. The van der Waals surface area contributed by atoms with Crippen molar-refractivity contribution in [2.24, 2.45) is 0 Å². The fourth-order valence-electron chi connectivity index (χ4n) is 3.25. The fraction of sp³-hybridized carbons (Fsp3) is 0.182. The van der Waals surface area contributed by atoms with Gasteiger partial charge in [-0.2, -0.15) is 0 Å². The van der Waals surface area contributed by atoms with Crippen LogP contribution in [0.2, 0.25) is 0 Å². The summed E-state index contributed by atoms with van der Waals surface area (Å²) in [5, 5.41) is 3.66. The fourth-order valence-corrected chi connectivity index (χ4v) is 4.19. The summed E-state index contributed by atoms with van der Waals surface area (Å²) in [6.07, 6.45) is 0.425. The number of nitrogens with zero attached hydrogens (tertiary/aromatic N) is 1. The molecule has 3 aromatic rings. The van der Waals surface area contributed by atoms with Crippen LogP contribution in [-0.4, -0.2) is 30.3 Å². The third kappa shape index (κ3) is 3.81. The van der Waals surface area contributed by atoms with Crippen LogP contribution < -0.4 is 10.2 Å². The Morgan fingerprint density at radius 3 is 2.40 bits per heavy atom. The molecule has 1 saturated heterocycles. The molecule has 152 valence electrons. The molecule has 1 aromatic heterocycles. The Morgan fingerprint density at radius 2 is 1.73 bits per heavy atom. The van der Waals surface area contributed by atoms with E-state index < -0.39 is 0 Å². The van der Waals surface area contributed by atoms with Crippen LogP contribution in [0, 0.1) is 0 Å². The largest absolute Gasteiger partial charge is 0.462 e. The number of carbonyl (C=O) groups excluding carboxylic acids is 4. The summed E-state index contributed by atoms with van der Waals surface area (Å²) in [6, 6.07) is 13.5. The van der Waals surface area contributed by atoms with E-state index in [0.717, 1.165) is 15.0 Å². The SMILES string of the molecule is CCOC(=O)c1cc2cc(NC(=O)c3ccc(N4C(=O)CCC4=O)cc3)ccc2s1. The molecular formula is C22H18N2O5S. The average Bonchev–Trinajstić information content (AvgIpc) is 3.31. The van der Waals surface area contributed by atoms with Crippen LogP contribution in [-0.2, 0) is 14.3 Å². The number of amides is 3. The number of anilines is 2. The zero-order chi connectivity index (χ0) is 21.3. The minimum Gasteiger partial charge on any atom is -0.462 e. The van der Waals surface area contributed by atoms with Crippen LogP contribution in [0.15, 0.2) is 48.5 Å². The zero-order valence-corrected chi connectivity index (χ0v) is 17.0. The molecule has 1 aliphatic rings. The predicted molar refractivity (Wildman–Crippen MR) is 114 cm³/mol. The highest BCUT2D eigenvalue weighted by atomic mass is 32.1. The number of ether oxygens (including phenoxy) is 1. The van der Waals surface area contributed by atoms with E-state index in [1.165, 1.54) is 11.3 Å². The number of hydrogen-bond acceptors (Lipinski definition) is 6. The molecule has 3 amide bonds. The molecule has 4 rings (SSSR count). The van der Waals surface area contributed by atoms with Gasteiger partial charge < -0.3 is 10.1 Å². The number of carbonyl (C=O) groups is 4. The predicted octanol–water partition coefficient (Wildman–Crippen LogP) is 3.98. The number of esters is 1. The van der Waals surface area contributed by atoms with Gasteiger partial charge in [0.25, 0.3) is 5.91 Å². The first-order valence-electron chi connectivity index (χ1n) is 9.44. The molecule has 0 atom stereocenters. The number of rotatable bonds is 5. The van der Waals surface area contributed by atoms with Crippen molar-refractivity contribution in [1.82, 2.24) is 0 Å². The smallest absolute Gasteiger partial charge is 0.348 e. The number of imide groups is 1. The van der Waals surface area contributed by atoms with Crippen LogP contribution in [0.5, 0.6) is 0 Å². The molecule has 7 nitrogen and oxygen atoms in total. The standard InChI is InChI=1S/C22H18N2O5S/c1-2-29-22(28)18-12-14-11-15(5-8-17(14)30-18)23-21(27)13-3-6-16(7-4-13)24-19(25)9-10-20(24)26/h3-8,11-12H,2,9-10H2,1H3,(H,23,27). The van der Waals surface area contributed by atoms with Gasteiger partial charge in [-0.1, -0.05) is 0 Å². The quantitative estimate of drug-likeness (QED) is 0.496. The summed E-state index contributed by atoms with van der Waals surface area (Å²) in [5.41, 5.74) is 1.45. The van der Waals surface area contributed by atoms with E-state index in [1.54, 1.807) is 49.4 Å². The Balaban J connectivity index is 1.49. The van der Waals surface area contributed by atoms with Gasteiger partial charge >= 0.3 is 5.97 Å². The third-order valence-corrected chi connectivity index (χ3v) is 5.79. The molecule has 30 heavy (non-hydrogen) atoms. The van der Waals surface area contributed by atoms with Gasteiger partial charge in [-0.3, -0.25) is 19.3 Å². The Kier molecular flexibility index (Phi) is 5.33. The molecule has 0 spiro atoms. The summed E-state index contributed by atoms with van der Waals surface area (Å²) in [5.74, 6) is -1.15. The lowest BCUT2D eigenvalue weighted by molar-refractivity contribution is -0.121. The van der Waals surface area contributed by atoms with E-state index in [4.69, 9.17) is 4.74 Å². The molecule has 0 bridgehead atoms. The lowest BCUT2D eigenvalue weighted by Crippen LogP contribution is -2.28. The van der Waals surface area contributed by atoms with Gasteiger partial charge in [-0.05, 0) is 60.8 Å². The van der Waals surface area contributed by atoms with E-state index in [9.17, 15) is 19.2 Å². The van der Waals surface area contributed by atoms with Gasteiger partial charge in [0.15, 0.2) is 0 Å². The van der Waals surface area contributed by atoms with Gasteiger partial charge in [0.1, 0.15) is 4.88 Å². The number of fused-ring (bicyclic) bond motifs is 1. The van der Waals surface area contributed by atoms with Crippen molar-refractivity contribution >= 4 is 56.5 Å². The first-order valence-corrected chi connectivity index (χ1v) is 10.3. The van der Waals surface area contributed by atoms with Crippen molar-refractivity contribution in [3.8, 4) is 0 Å². The van der Waals surface area contributed by atoms with Crippen molar-refractivity contribution in [3.05, 3.63) is 59.0 Å². The van der Waals surface area contributed by atoms with E-state index >= 15 is 0 Å². The second-order valence-electron chi connectivity index (χ2n) is 6.71. The maximum absolute atomic E-state index is 12.6. The highest BCUT2D eigenvalue weighted by molar-refractivity contribution is 7.20. The maximum Gasteiger partial charge on any atom is 0.348 e. The van der Waals surface area contributed by atoms with Gasteiger partial charge in [0.05, 0.1) is 12.3 Å². The Labute approximate surface area is 176 Å². The Hall–Kier alpha value is -3.52. The topological polar surface area (TPSA) is 92.8 Å². The molecule has 0 radical (unpaired) electrons. The molecule has 2 heterocycles. The lowest BCUT2D eigenvalue weighted by atomic mass is 10.1. The normalized spacial score (nSPS) is 13.7. The van der Waals surface area contributed by atoms with Crippen LogP contribution in [0.3, 0.4) is 0 Å². The summed E-state index contributed by atoms with van der Waals surface area (Å²) >= 11 is 1.34.